The molecule has 4 aromatic rings. The van der Waals surface area contributed by atoms with E-state index in [1.165, 1.54) is 11.8 Å². The lowest BCUT2D eigenvalue weighted by molar-refractivity contribution is -0.113. The average Bonchev–Trinajstić information content (AvgIpc) is 3.19. The van der Waals surface area contributed by atoms with Crippen LogP contribution in [-0.4, -0.2) is 38.5 Å². The Balaban J connectivity index is 1.66. The maximum absolute atomic E-state index is 12.7. The van der Waals surface area contributed by atoms with Crippen LogP contribution in [0.3, 0.4) is 0 Å². The number of nitrogens with one attached hydrogen (secondary N) is 3. The van der Waals surface area contributed by atoms with Gasteiger partial charge in [0.15, 0.2) is 10.8 Å². The largest absolute Gasteiger partial charge is 0.497 e. The number of rotatable bonds is 7. The Morgan fingerprint density at radius 2 is 1.97 bits per heavy atom. The zero-order valence-electron chi connectivity index (χ0n) is 18.1. The first-order valence-electron chi connectivity index (χ1n) is 10.2. The Labute approximate surface area is 189 Å². The number of thioether (sulfide) groups is 1. The molecular weight excluding hydrogens is 424 g/mol. The summed E-state index contributed by atoms with van der Waals surface area (Å²) in [7, 11) is 1.61. The summed E-state index contributed by atoms with van der Waals surface area (Å²) in [6.07, 6.45) is 0.833. The predicted molar refractivity (Wildman–Crippen MR) is 126 cm³/mol. The van der Waals surface area contributed by atoms with Crippen molar-refractivity contribution >= 4 is 34.4 Å². The van der Waals surface area contributed by atoms with E-state index < -0.39 is 0 Å². The Morgan fingerprint density at radius 3 is 2.69 bits per heavy atom. The number of carbonyl (C=O) groups is 1. The number of aromatic nitrogens is 4. The van der Waals surface area contributed by atoms with Gasteiger partial charge in [-0.25, -0.2) is 4.98 Å². The first-order valence-corrected chi connectivity index (χ1v) is 11.2. The maximum Gasteiger partial charge on any atom is 0.234 e. The zero-order valence-corrected chi connectivity index (χ0v) is 18.9. The smallest absolute Gasteiger partial charge is 0.234 e. The molecule has 0 saturated heterocycles. The molecule has 2 aromatic heterocycles. The highest BCUT2D eigenvalue weighted by atomic mass is 32.2. The summed E-state index contributed by atoms with van der Waals surface area (Å²) < 4.78 is 6.98. The second-order valence-electron chi connectivity index (χ2n) is 7.17. The molecule has 3 N–H and O–H groups in total. The second-order valence-corrected chi connectivity index (χ2v) is 8.11. The lowest BCUT2D eigenvalue weighted by Crippen LogP contribution is -2.23. The first-order chi connectivity index (χ1) is 15.5. The molecule has 0 saturated carbocycles. The number of amides is 1. The minimum atomic E-state index is -0.135. The van der Waals surface area contributed by atoms with Gasteiger partial charge in [0.25, 0.3) is 0 Å². The molecule has 0 aliphatic carbocycles. The van der Waals surface area contributed by atoms with Gasteiger partial charge in [-0.1, -0.05) is 36.9 Å². The van der Waals surface area contributed by atoms with Crippen LogP contribution in [0.15, 0.2) is 53.7 Å². The van der Waals surface area contributed by atoms with Crippen molar-refractivity contribution in [1.29, 1.82) is 5.41 Å². The summed E-state index contributed by atoms with van der Waals surface area (Å²) in [5.41, 5.74) is 4.13. The van der Waals surface area contributed by atoms with E-state index in [2.05, 4.69) is 27.4 Å². The Hall–Kier alpha value is -3.59. The van der Waals surface area contributed by atoms with Gasteiger partial charge < -0.3 is 10.1 Å². The minimum absolute atomic E-state index is 0.135. The third kappa shape index (κ3) is 4.24. The molecule has 9 heteroatoms. The predicted octanol–water partition coefficient (Wildman–Crippen LogP) is 3.84. The fraction of sp³-hybridized carbons (Fsp3) is 0.217. The molecule has 0 radical (unpaired) electrons. The number of nitrogens with zero attached hydrogens (tertiary/aromatic N) is 3. The van der Waals surface area contributed by atoms with Gasteiger partial charge in [-0.2, -0.15) is 5.10 Å². The lowest BCUT2D eigenvalue weighted by atomic mass is 10.1. The van der Waals surface area contributed by atoms with Crippen molar-refractivity contribution in [2.24, 2.45) is 0 Å². The van der Waals surface area contributed by atoms with Crippen molar-refractivity contribution in [1.82, 2.24) is 19.7 Å². The van der Waals surface area contributed by atoms with Gasteiger partial charge >= 0.3 is 0 Å². The quantitative estimate of drug-likeness (QED) is 0.294. The third-order valence-electron chi connectivity index (χ3n) is 5.12. The van der Waals surface area contributed by atoms with Gasteiger partial charge in [-0.05, 0) is 49.2 Å². The van der Waals surface area contributed by atoms with E-state index in [1.54, 1.807) is 11.7 Å². The molecule has 0 aliphatic heterocycles. The molecule has 0 aliphatic rings. The van der Waals surface area contributed by atoms with Crippen LogP contribution in [0.2, 0.25) is 0 Å². The van der Waals surface area contributed by atoms with E-state index in [1.807, 2.05) is 55.5 Å². The van der Waals surface area contributed by atoms with Crippen LogP contribution in [0.4, 0.5) is 5.69 Å². The Bertz CT molecular complexity index is 1330. The lowest BCUT2D eigenvalue weighted by Gasteiger charge is -2.14. The van der Waals surface area contributed by atoms with Crippen LogP contribution >= 0.6 is 11.8 Å². The van der Waals surface area contributed by atoms with Crippen LogP contribution in [-0.2, 0) is 11.2 Å². The number of aromatic amines is 1. The molecule has 164 valence electrons. The highest BCUT2D eigenvalue weighted by Gasteiger charge is 2.16. The van der Waals surface area contributed by atoms with E-state index in [-0.39, 0.29) is 17.1 Å². The monoisotopic (exact) mass is 448 g/mol. The number of anilines is 1. The van der Waals surface area contributed by atoms with Gasteiger partial charge in [0.1, 0.15) is 11.2 Å². The van der Waals surface area contributed by atoms with Crippen molar-refractivity contribution in [3.63, 3.8) is 0 Å². The molecule has 0 spiro atoms. The van der Waals surface area contributed by atoms with Crippen LogP contribution in [0.25, 0.3) is 16.7 Å². The maximum atomic E-state index is 12.7. The van der Waals surface area contributed by atoms with Crippen molar-refractivity contribution in [3.8, 4) is 11.4 Å². The third-order valence-corrected chi connectivity index (χ3v) is 6.06. The molecule has 1 amide bonds. The van der Waals surface area contributed by atoms with E-state index >= 15 is 0 Å². The normalized spacial score (nSPS) is 11.0. The first kappa shape index (κ1) is 21.6. The number of aryl methyl sites for hydroxylation is 2. The molecule has 0 unspecified atom stereocenters. The van der Waals surface area contributed by atoms with Crippen molar-refractivity contribution in [2.75, 3.05) is 18.2 Å². The van der Waals surface area contributed by atoms with Gasteiger partial charge in [-0.15, -0.1) is 0 Å². The van der Waals surface area contributed by atoms with Gasteiger partial charge in [0.05, 0.1) is 18.2 Å². The molecule has 0 bridgehead atoms. The summed E-state index contributed by atoms with van der Waals surface area (Å²) >= 11 is 1.27. The summed E-state index contributed by atoms with van der Waals surface area (Å²) in [5, 5.41) is 20.1. The number of benzene rings is 2. The molecule has 8 nitrogen and oxygen atoms in total. The summed E-state index contributed by atoms with van der Waals surface area (Å²) in [6.45, 7) is 3.91. The number of hydrogen-bond donors (Lipinski definition) is 3. The molecular formula is C23H24N6O2S. The number of H-pyrrole nitrogens is 1. The standard InChI is InChI=1S/C23H24N6O2S/c1-4-15-7-5-6-8-18(15)25-19(30)13-32-23-26-22-20(14(2)27-28-22)21(24)29(23)16-9-11-17(31-3)12-10-16/h5-12,24H,4,13H2,1-3H3,(H,25,30)(H,27,28). The molecule has 0 fully saturated rings. The van der Waals surface area contributed by atoms with Crippen LogP contribution in [0.1, 0.15) is 18.2 Å². The van der Waals surface area contributed by atoms with Gasteiger partial charge in [-0.3, -0.25) is 19.9 Å². The second kappa shape index (κ2) is 9.27. The molecule has 2 heterocycles. The van der Waals surface area contributed by atoms with Gasteiger partial charge in [0, 0.05) is 17.1 Å². The number of carbonyl (C=O) groups excluding carboxylic acids is 1. The van der Waals surface area contributed by atoms with Crippen molar-refractivity contribution in [3.05, 3.63) is 65.3 Å². The van der Waals surface area contributed by atoms with E-state index in [0.29, 0.717) is 16.2 Å². The number of hydrogen-bond acceptors (Lipinski definition) is 6. The van der Waals surface area contributed by atoms with Crippen molar-refractivity contribution in [2.45, 2.75) is 25.4 Å². The van der Waals surface area contributed by atoms with Crippen LogP contribution in [0.5, 0.6) is 5.75 Å². The van der Waals surface area contributed by atoms with Crippen molar-refractivity contribution < 1.29 is 9.53 Å². The number of fused-ring (bicyclic) bond motifs is 1. The van der Waals surface area contributed by atoms with E-state index in [0.717, 1.165) is 34.8 Å². The van der Waals surface area contributed by atoms with E-state index in [9.17, 15) is 4.79 Å². The molecule has 2 aromatic carbocycles. The number of ether oxygens (including phenoxy) is 1. The average molecular weight is 449 g/mol. The number of para-hydroxylation sites is 1. The Morgan fingerprint density at radius 1 is 1.22 bits per heavy atom. The zero-order chi connectivity index (χ0) is 22.7. The fourth-order valence-electron chi connectivity index (χ4n) is 3.46. The van der Waals surface area contributed by atoms with Crippen LogP contribution < -0.4 is 15.5 Å². The molecule has 32 heavy (non-hydrogen) atoms. The molecule has 4 rings (SSSR count). The van der Waals surface area contributed by atoms with Gasteiger partial charge in [0.2, 0.25) is 5.91 Å². The fourth-order valence-corrected chi connectivity index (χ4v) is 4.27. The highest BCUT2D eigenvalue weighted by Crippen LogP contribution is 2.24. The molecule has 0 atom stereocenters. The topological polar surface area (TPSA) is 109 Å². The summed E-state index contributed by atoms with van der Waals surface area (Å²) in [6, 6.07) is 15.2. The van der Waals surface area contributed by atoms with Crippen LogP contribution in [0, 0.1) is 12.3 Å². The van der Waals surface area contributed by atoms with E-state index in [4.69, 9.17) is 10.1 Å². The number of methoxy groups -OCH3 is 1. The SMILES string of the molecule is CCc1ccccc1NC(=O)CSc1nc2n[nH]c(C)c2c(=N)n1-c1ccc(OC)cc1. The minimum Gasteiger partial charge on any atom is -0.497 e. The Kier molecular flexibility index (Phi) is 6.27. The summed E-state index contributed by atoms with van der Waals surface area (Å²) in [5.74, 6) is 0.733. The summed E-state index contributed by atoms with van der Waals surface area (Å²) in [4.78, 5) is 17.3. The highest BCUT2D eigenvalue weighted by molar-refractivity contribution is 7.99.